The molecule has 0 aliphatic carbocycles. The fourth-order valence-corrected chi connectivity index (χ4v) is 1.51. The number of hydrogen-bond donors (Lipinski definition) is 1. The van der Waals surface area contributed by atoms with Crippen molar-refractivity contribution in [1.82, 2.24) is 0 Å². The van der Waals surface area contributed by atoms with E-state index in [-0.39, 0.29) is 5.75 Å². The van der Waals surface area contributed by atoms with Crippen molar-refractivity contribution in [2.24, 2.45) is 0 Å². The highest BCUT2D eigenvalue weighted by Crippen LogP contribution is 2.29. The van der Waals surface area contributed by atoms with Gasteiger partial charge in [-0.15, -0.1) is 0 Å². The first-order valence-corrected chi connectivity index (χ1v) is 5.06. The average molecular weight is 243 g/mol. The predicted molar refractivity (Wildman–Crippen MR) is 62.0 cm³/mol. The van der Waals surface area contributed by atoms with Crippen molar-refractivity contribution < 1.29 is 5.11 Å². The Bertz CT molecular complexity index is 292. The van der Waals surface area contributed by atoms with E-state index in [1.165, 1.54) is 0 Å². The molecule has 1 aromatic rings. The van der Waals surface area contributed by atoms with E-state index in [0.29, 0.717) is 4.47 Å². The molecule has 13 heavy (non-hydrogen) atoms. The molecule has 2 heteroatoms. The maximum absolute atomic E-state index is 9.40. The van der Waals surface area contributed by atoms with E-state index < -0.39 is 0 Å². The van der Waals surface area contributed by atoms with Crippen molar-refractivity contribution in [2.75, 3.05) is 0 Å². The Morgan fingerprint density at radius 3 is 2.38 bits per heavy atom. The molecule has 72 valence electrons. The van der Waals surface area contributed by atoms with Gasteiger partial charge >= 0.3 is 0 Å². The van der Waals surface area contributed by atoms with Crippen LogP contribution in [0.4, 0.5) is 0 Å². The minimum Gasteiger partial charge on any atom is -0.506 e. The Morgan fingerprint density at radius 2 is 1.92 bits per heavy atom. The van der Waals surface area contributed by atoms with Gasteiger partial charge in [-0.3, -0.25) is 0 Å². The van der Waals surface area contributed by atoms with Gasteiger partial charge in [0.05, 0.1) is 4.47 Å². The third-order valence-corrected chi connectivity index (χ3v) is 2.06. The first-order valence-electron chi connectivity index (χ1n) is 4.26. The number of aryl methyl sites for hydroxylation is 1. The Labute approximate surface area is 88.2 Å². The lowest BCUT2D eigenvalue weighted by atomic mass is 10.1. The number of phenolic OH excluding ortho intramolecular Hbond substituents is 1. The average Bonchev–Trinajstić information content (AvgIpc) is 2.14. The van der Waals surface area contributed by atoms with Crippen LogP contribution in [0.5, 0.6) is 5.75 Å². The van der Waals surface area contributed by atoms with Gasteiger partial charge in [-0.05, 0) is 40.5 Å². The molecule has 0 radical (unpaired) electrons. The number of hydrogen-bond acceptors (Lipinski definition) is 1. The van der Waals surface area contributed by atoms with Gasteiger partial charge in [0.15, 0.2) is 0 Å². The predicted octanol–water partition coefficient (Wildman–Crippen LogP) is 4.13. The summed E-state index contributed by atoms with van der Waals surface area (Å²) in [6.07, 6.45) is 1.63. The summed E-state index contributed by atoms with van der Waals surface area (Å²) in [6, 6.07) is 3.75. The lowest BCUT2D eigenvalue weighted by Crippen LogP contribution is -1.79. The minimum atomic E-state index is 0.255. The van der Waals surface area contributed by atoms with E-state index in [2.05, 4.69) is 22.5 Å². The lowest BCUT2D eigenvalue weighted by molar-refractivity contribution is 0.470. The molecule has 0 aliphatic heterocycles. The topological polar surface area (TPSA) is 20.2 Å². The van der Waals surface area contributed by atoms with Crippen LogP contribution in [0.15, 0.2) is 23.2 Å². The van der Waals surface area contributed by atoms with Crippen molar-refractivity contribution in [3.63, 3.8) is 0 Å². The van der Waals surface area contributed by atoms with E-state index in [1.54, 1.807) is 6.08 Å². The molecule has 0 atom stereocenters. The summed E-state index contributed by atoms with van der Waals surface area (Å²) in [4.78, 5) is 0. The zero-order valence-electron chi connectivity index (χ0n) is 8.26. The second kappa shape index (κ2) is 5.81. The second-order valence-electron chi connectivity index (χ2n) is 2.39. The fraction of sp³-hybridized carbons (Fsp3) is 0.273. The molecular weight excluding hydrogens is 228 g/mol. The summed E-state index contributed by atoms with van der Waals surface area (Å²) < 4.78 is 0.715. The van der Waals surface area contributed by atoms with Gasteiger partial charge in [-0.2, -0.15) is 0 Å². The largest absolute Gasteiger partial charge is 0.506 e. The van der Waals surface area contributed by atoms with Gasteiger partial charge in [0.25, 0.3) is 0 Å². The van der Waals surface area contributed by atoms with E-state index >= 15 is 0 Å². The molecule has 0 aliphatic rings. The molecule has 0 amide bonds. The van der Waals surface area contributed by atoms with Gasteiger partial charge in [-0.1, -0.05) is 26.5 Å². The van der Waals surface area contributed by atoms with Crippen LogP contribution in [0.25, 0.3) is 6.08 Å². The van der Waals surface area contributed by atoms with Crippen molar-refractivity contribution in [3.05, 3.63) is 34.3 Å². The zero-order valence-corrected chi connectivity index (χ0v) is 9.85. The molecule has 0 bridgehead atoms. The van der Waals surface area contributed by atoms with Gasteiger partial charge in [0.2, 0.25) is 0 Å². The highest BCUT2D eigenvalue weighted by atomic mass is 79.9. The molecule has 0 aromatic heterocycles. The van der Waals surface area contributed by atoms with Gasteiger partial charge in [0, 0.05) is 5.56 Å². The molecule has 1 aromatic carbocycles. The molecule has 0 fully saturated rings. The summed E-state index contributed by atoms with van der Waals surface area (Å²) in [5.41, 5.74) is 1.86. The number of benzene rings is 1. The molecule has 0 saturated carbocycles. The van der Waals surface area contributed by atoms with Crippen LogP contribution in [0.1, 0.15) is 25.0 Å². The number of phenols is 1. The SMILES string of the molecule is C=Cc1cc(C)cc(Br)c1O.CC. The molecule has 1 N–H and O–H groups in total. The fourth-order valence-electron chi connectivity index (χ4n) is 0.917. The second-order valence-corrected chi connectivity index (χ2v) is 3.24. The summed E-state index contributed by atoms with van der Waals surface area (Å²) in [5, 5.41) is 9.40. The Balaban J connectivity index is 0.000000671. The van der Waals surface area contributed by atoms with Gasteiger partial charge < -0.3 is 5.11 Å². The smallest absolute Gasteiger partial charge is 0.136 e. The van der Waals surface area contributed by atoms with Crippen LogP contribution >= 0.6 is 15.9 Å². The number of rotatable bonds is 1. The van der Waals surface area contributed by atoms with E-state index in [1.807, 2.05) is 32.9 Å². The third-order valence-electron chi connectivity index (χ3n) is 1.46. The van der Waals surface area contributed by atoms with Crippen molar-refractivity contribution in [2.45, 2.75) is 20.8 Å². The van der Waals surface area contributed by atoms with Crippen LogP contribution in [0, 0.1) is 6.92 Å². The number of halogens is 1. The van der Waals surface area contributed by atoms with Gasteiger partial charge in [-0.25, -0.2) is 0 Å². The minimum absolute atomic E-state index is 0.255. The molecule has 1 nitrogen and oxygen atoms in total. The quantitative estimate of drug-likeness (QED) is 0.786. The summed E-state index contributed by atoms with van der Waals surface area (Å²) in [5.74, 6) is 0.255. The van der Waals surface area contributed by atoms with Crippen molar-refractivity contribution in [1.29, 1.82) is 0 Å². The first kappa shape index (κ1) is 12.2. The Morgan fingerprint density at radius 1 is 1.38 bits per heavy atom. The summed E-state index contributed by atoms with van der Waals surface area (Å²) >= 11 is 3.24. The van der Waals surface area contributed by atoms with Crippen molar-refractivity contribution >= 4 is 22.0 Å². The molecule has 0 saturated heterocycles. The van der Waals surface area contributed by atoms with Crippen molar-refractivity contribution in [3.8, 4) is 5.75 Å². The number of aromatic hydroxyl groups is 1. The molecular formula is C11H15BrO. The highest BCUT2D eigenvalue weighted by Gasteiger charge is 2.02. The maximum atomic E-state index is 9.40. The lowest BCUT2D eigenvalue weighted by Gasteiger charge is -2.02. The molecule has 0 unspecified atom stereocenters. The highest BCUT2D eigenvalue weighted by molar-refractivity contribution is 9.10. The van der Waals surface area contributed by atoms with Crippen LogP contribution < -0.4 is 0 Å². The maximum Gasteiger partial charge on any atom is 0.136 e. The Hall–Kier alpha value is -0.760. The van der Waals surface area contributed by atoms with Crippen LogP contribution in [-0.4, -0.2) is 5.11 Å². The third kappa shape index (κ3) is 3.23. The van der Waals surface area contributed by atoms with Crippen LogP contribution in [0.3, 0.4) is 0 Å². The molecule has 0 spiro atoms. The van der Waals surface area contributed by atoms with E-state index in [0.717, 1.165) is 11.1 Å². The summed E-state index contributed by atoms with van der Waals surface area (Å²) in [7, 11) is 0. The van der Waals surface area contributed by atoms with E-state index in [9.17, 15) is 5.11 Å². The van der Waals surface area contributed by atoms with Crippen LogP contribution in [0.2, 0.25) is 0 Å². The molecule has 1 rings (SSSR count). The van der Waals surface area contributed by atoms with E-state index in [4.69, 9.17) is 0 Å². The first-order chi connectivity index (χ1) is 6.15. The standard InChI is InChI=1S/C9H9BrO.C2H6/c1-3-7-4-6(2)5-8(10)9(7)11;1-2/h3-5,11H,1H2,2H3;1-2H3. The van der Waals surface area contributed by atoms with Gasteiger partial charge in [0.1, 0.15) is 5.75 Å². The summed E-state index contributed by atoms with van der Waals surface area (Å²) in [6.45, 7) is 9.56. The monoisotopic (exact) mass is 242 g/mol. The Kier molecular flexibility index (Phi) is 5.47. The molecule has 0 heterocycles. The zero-order chi connectivity index (χ0) is 10.4. The van der Waals surface area contributed by atoms with Crippen LogP contribution in [-0.2, 0) is 0 Å². The normalized spacial score (nSPS) is 8.62.